The number of hydrogen-bond donors (Lipinski definition) is 1. The number of ether oxygens (including phenoxy) is 2. The Morgan fingerprint density at radius 1 is 1.37 bits per heavy atom. The Morgan fingerprint density at radius 3 is 2.96 bits per heavy atom. The molecule has 7 heteroatoms. The number of phenolic OH excluding ortho intramolecular Hbond substituents is 1. The van der Waals surface area contributed by atoms with Gasteiger partial charge in [-0.25, -0.2) is 4.98 Å². The minimum Gasteiger partial charge on any atom is -0.504 e. The molecule has 0 saturated carbocycles. The molecule has 1 unspecified atom stereocenters. The van der Waals surface area contributed by atoms with Crippen LogP contribution in [0.1, 0.15) is 12.5 Å². The number of para-hydroxylation sites is 1. The van der Waals surface area contributed by atoms with Gasteiger partial charge in [-0.3, -0.25) is 9.69 Å². The van der Waals surface area contributed by atoms with Gasteiger partial charge in [-0.15, -0.1) is 11.3 Å². The van der Waals surface area contributed by atoms with E-state index in [9.17, 15) is 9.90 Å². The third-order valence-corrected chi connectivity index (χ3v) is 5.86. The van der Waals surface area contributed by atoms with Crippen molar-refractivity contribution in [2.45, 2.75) is 19.5 Å². The number of benzene rings is 2. The summed E-state index contributed by atoms with van der Waals surface area (Å²) >= 11 is 1.58. The molecule has 1 aliphatic rings. The number of rotatable bonds is 3. The third kappa shape index (κ3) is 3.36. The number of carbonyl (C=O) groups is 1. The Hall–Kier alpha value is -2.64. The number of fused-ring (bicyclic) bond motifs is 2. The van der Waals surface area contributed by atoms with Gasteiger partial charge in [0, 0.05) is 24.2 Å². The molecule has 2 aromatic carbocycles. The molecule has 0 bridgehead atoms. The van der Waals surface area contributed by atoms with Crippen molar-refractivity contribution in [1.82, 2.24) is 9.88 Å². The van der Waals surface area contributed by atoms with Crippen molar-refractivity contribution in [2.75, 3.05) is 20.3 Å². The summed E-state index contributed by atoms with van der Waals surface area (Å²) in [6, 6.07) is 11.2. The maximum atomic E-state index is 11.9. The average molecular weight is 384 g/mol. The second-order valence-corrected chi connectivity index (χ2v) is 7.52. The van der Waals surface area contributed by atoms with E-state index in [0.717, 1.165) is 26.4 Å². The number of thiazole rings is 1. The van der Waals surface area contributed by atoms with Crippen molar-refractivity contribution < 1.29 is 19.4 Å². The summed E-state index contributed by atoms with van der Waals surface area (Å²) in [6.07, 6.45) is 0. The number of phenols is 1. The standard InChI is InChI=1S/C20H20N2O4S/c1-12(20(24)25-2)22-7-8-26-18-14(11-22)9-13(10-16(18)23)19-21-15-5-3-4-6-17(15)27-19/h3-6,9-10,12,23H,7-8,11H2,1-2H3. The first-order valence-electron chi connectivity index (χ1n) is 8.73. The van der Waals surface area contributed by atoms with Crippen LogP contribution in [0.2, 0.25) is 0 Å². The summed E-state index contributed by atoms with van der Waals surface area (Å²) in [5.74, 6) is 0.277. The second kappa shape index (κ2) is 7.17. The van der Waals surface area contributed by atoms with Gasteiger partial charge in [0.05, 0.1) is 17.3 Å². The van der Waals surface area contributed by atoms with Crippen LogP contribution in [0, 0.1) is 0 Å². The van der Waals surface area contributed by atoms with Crippen LogP contribution in [-0.2, 0) is 16.1 Å². The van der Waals surface area contributed by atoms with Crippen LogP contribution < -0.4 is 4.74 Å². The van der Waals surface area contributed by atoms with Gasteiger partial charge < -0.3 is 14.6 Å². The fraction of sp³-hybridized carbons (Fsp3) is 0.300. The zero-order valence-electron chi connectivity index (χ0n) is 15.1. The van der Waals surface area contributed by atoms with Crippen LogP contribution in [-0.4, -0.2) is 47.3 Å². The van der Waals surface area contributed by atoms with E-state index in [2.05, 4.69) is 4.98 Å². The van der Waals surface area contributed by atoms with Gasteiger partial charge in [-0.1, -0.05) is 12.1 Å². The van der Waals surface area contributed by atoms with Crippen LogP contribution >= 0.6 is 11.3 Å². The molecular weight excluding hydrogens is 364 g/mol. The Morgan fingerprint density at radius 2 is 2.19 bits per heavy atom. The van der Waals surface area contributed by atoms with Crippen molar-refractivity contribution in [1.29, 1.82) is 0 Å². The summed E-state index contributed by atoms with van der Waals surface area (Å²) in [7, 11) is 1.39. The highest BCUT2D eigenvalue weighted by Crippen LogP contribution is 2.39. The van der Waals surface area contributed by atoms with Crippen LogP contribution in [0.25, 0.3) is 20.8 Å². The van der Waals surface area contributed by atoms with E-state index >= 15 is 0 Å². The Kier molecular flexibility index (Phi) is 4.72. The average Bonchev–Trinajstić information content (AvgIpc) is 2.99. The lowest BCUT2D eigenvalue weighted by Crippen LogP contribution is -2.40. The molecule has 27 heavy (non-hydrogen) atoms. The normalized spacial score (nSPS) is 15.6. The van der Waals surface area contributed by atoms with E-state index in [0.29, 0.717) is 25.4 Å². The molecule has 1 N–H and O–H groups in total. The molecule has 3 aromatic rings. The van der Waals surface area contributed by atoms with E-state index < -0.39 is 6.04 Å². The van der Waals surface area contributed by atoms with Crippen molar-refractivity contribution >= 4 is 27.5 Å². The molecule has 0 aliphatic carbocycles. The number of carbonyl (C=O) groups excluding carboxylic acids is 1. The summed E-state index contributed by atoms with van der Waals surface area (Å²) in [6.45, 7) is 3.26. The van der Waals surface area contributed by atoms with Gasteiger partial charge in [-0.05, 0) is 31.2 Å². The Balaban J connectivity index is 1.72. The first-order valence-corrected chi connectivity index (χ1v) is 9.55. The fourth-order valence-electron chi connectivity index (χ4n) is 3.29. The zero-order valence-corrected chi connectivity index (χ0v) is 16.0. The van der Waals surface area contributed by atoms with Gasteiger partial charge in [0.25, 0.3) is 0 Å². The van der Waals surface area contributed by atoms with Crippen molar-refractivity contribution in [2.24, 2.45) is 0 Å². The highest BCUT2D eigenvalue weighted by Gasteiger charge is 2.27. The maximum absolute atomic E-state index is 11.9. The largest absolute Gasteiger partial charge is 0.504 e. The Labute approximate surface area is 161 Å². The summed E-state index contributed by atoms with van der Waals surface area (Å²) < 4.78 is 11.7. The number of esters is 1. The SMILES string of the molecule is COC(=O)C(C)N1CCOc2c(O)cc(-c3nc4ccccc4s3)cc2C1. The lowest BCUT2D eigenvalue weighted by Gasteiger charge is -2.24. The number of hydrogen-bond acceptors (Lipinski definition) is 7. The predicted molar refractivity (Wildman–Crippen MR) is 104 cm³/mol. The van der Waals surface area contributed by atoms with Gasteiger partial charge >= 0.3 is 5.97 Å². The summed E-state index contributed by atoms with van der Waals surface area (Å²) in [5.41, 5.74) is 2.60. The van der Waals surface area contributed by atoms with E-state index in [1.54, 1.807) is 17.4 Å². The fourth-order valence-corrected chi connectivity index (χ4v) is 4.24. The van der Waals surface area contributed by atoms with Crippen molar-refractivity contribution in [3.05, 3.63) is 42.0 Å². The monoisotopic (exact) mass is 384 g/mol. The molecular formula is C20H20N2O4S. The van der Waals surface area contributed by atoms with Gasteiger partial charge in [-0.2, -0.15) is 0 Å². The quantitative estimate of drug-likeness (QED) is 0.698. The van der Waals surface area contributed by atoms with Gasteiger partial charge in [0.2, 0.25) is 0 Å². The molecule has 1 atom stereocenters. The van der Waals surface area contributed by atoms with E-state index in [1.807, 2.05) is 42.2 Å². The molecule has 0 fully saturated rings. The van der Waals surface area contributed by atoms with E-state index in [4.69, 9.17) is 9.47 Å². The second-order valence-electron chi connectivity index (χ2n) is 6.49. The summed E-state index contributed by atoms with van der Waals surface area (Å²) in [5, 5.41) is 11.4. The van der Waals surface area contributed by atoms with E-state index in [1.165, 1.54) is 7.11 Å². The number of aromatic nitrogens is 1. The minimum absolute atomic E-state index is 0.0920. The highest BCUT2D eigenvalue weighted by atomic mass is 32.1. The number of nitrogens with zero attached hydrogens (tertiary/aromatic N) is 2. The molecule has 0 radical (unpaired) electrons. The molecule has 1 aliphatic heterocycles. The maximum Gasteiger partial charge on any atom is 0.322 e. The molecule has 140 valence electrons. The molecule has 4 rings (SSSR count). The zero-order chi connectivity index (χ0) is 19.0. The first-order chi connectivity index (χ1) is 13.1. The van der Waals surface area contributed by atoms with Crippen LogP contribution in [0.5, 0.6) is 11.5 Å². The lowest BCUT2D eigenvalue weighted by molar-refractivity contribution is -0.146. The first kappa shape index (κ1) is 17.8. The third-order valence-electron chi connectivity index (χ3n) is 4.78. The van der Waals surface area contributed by atoms with Gasteiger partial charge in [0.15, 0.2) is 11.5 Å². The van der Waals surface area contributed by atoms with Crippen LogP contribution in [0.3, 0.4) is 0 Å². The predicted octanol–water partition coefficient (Wildman–Crippen LogP) is 3.42. The van der Waals surface area contributed by atoms with Crippen molar-refractivity contribution in [3.63, 3.8) is 0 Å². The molecule has 6 nitrogen and oxygen atoms in total. The van der Waals surface area contributed by atoms with Crippen LogP contribution in [0.4, 0.5) is 0 Å². The summed E-state index contributed by atoms with van der Waals surface area (Å²) in [4.78, 5) is 18.6. The molecule has 1 aromatic heterocycles. The Bertz CT molecular complexity index is 968. The number of methoxy groups -OCH3 is 1. The molecule has 0 saturated heterocycles. The molecule has 2 heterocycles. The smallest absolute Gasteiger partial charge is 0.322 e. The minimum atomic E-state index is -0.391. The molecule has 0 spiro atoms. The topological polar surface area (TPSA) is 71.9 Å². The van der Waals surface area contributed by atoms with Crippen molar-refractivity contribution in [3.8, 4) is 22.1 Å². The molecule has 0 amide bonds. The number of aromatic hydroxyl groups is 1. The van der Waals surface area contributed by atoms with Gasteiger partial charge in [0.1, 0.15) is 17.7 Å². The van der Waals surface area contributed by atoms with E-state index in [-0.39, 0.29) is 11.7 Å². The van der Waals surface area contributed by atoms with Crippen LogP contribution in [0.15, 0.2) is 36.4 Å². The highest BCUT2D eigenvalue weighted by molar-refractivity contribution is 7.21. The lowest BCUT2D eigenvalue weighted by atomic mass is 10.1.